The van der Waals surface area contributed by atoms with E-state index in [-0.39, 0.29) is 41.7 Å². The van der Waals surface area contributed by atoms with Crippen molar-refractivity contribution < 1.29 is 14.7 Å². The predicted molar refractivity (Wildman–Crippen MR) is 140 cm³/mol. The SMILES string of the molecule is C=CC(=O)N1C[C@@H](n2nc(C#Cc3cc4nc(C)n(C5CC5)c4cc3Cl)c(C(N)=O)c2N)C/C1=C(\C)O. The minimum atomic E-state index is -0.778. The molecule has 1 aromatic carbocycles. The van der Waals surface area contributed by atoms with E-state index in [1.165, 1.54) is 22.6 Å². The van der Waals surface area contributed by atoms with Crippen LogP contribution in [0.3, 0.4) is 0 Å². The largest absolute Gasteiger partial charge is 0.511 e. The van der Waals surface area contributed by atoms with Gasteiger partial charge in [-0.15, -0.1) is 0 Å². The Morgan fingerprint density at radius 1 is 1.27 bits per heavy atom. The molecule has 1 aliphatic heterocycles. The molecule has 10 nitrogen and oxygen atoms in total. The van der Waals surface area contributed by atoms with Crippen molar-refractivity contribution in [3.05, 3.63) is 63.9 Å². The molecule has 2 fully saturated rings. The summed E-state index contributed by atoms with van der Waals surface area (Å²) in [6.45, 7) is 7.16. The number of halogens is 1. The molecule has 1 atom stereocenters. The van der Waals surface area contributed by atoms with E-state index in [0.717, 1.165) is 29.7 Å². The molecule has 0 unspecified atom stereocenters. The Kier molecular flexibility index (Phi) is 5.96. The number of nitrogen functional groups attached to an aromatic ring is 1. The van der Waals surface area contributed by atoms with Crippen molar-refractivity contribution in [2.24, 2.45) is 5.73 Å². The predicted octanol–water partition coefficient (Wildman–Crippen LogP) is 3.36. The zero-order valence-electron chi connectivity index (χ0n) is 20.5. The molecule has 0 radical (unpaired) electrons. The molecule has 3 heterocycles. The van der Waals surface area contributed by atoms with Crippen molar-refractivity contribution in [2.75, 3.05) is 12.3 Å². The number of amides is 2. The molecule has 1 aliphatic carbocycles. The van der Waals surface area contributed by atoms with Gasteiger partial charge in [-0.05, 0) is 50.8 Å². The number of rotatable bonds is 4. The standard InChI is InChI=1S/C26H26ClN7O3/c1-4-23(36)32-12-17(10-21(32)13(2)35)34-25(28)24(26(29)37)19(31-34)8-5-15-9-20-22(11-18(15)27)33(14(3)30-20)16-6-7-16/h4,9,11,16-17,35H,1,6-7,10,12,28H2,2-3H3,(H2,29,37)/b21-13-/t17-/m0/s1. The van der Waals surface area contributed by atoms with Crippen LogP contribution in [0.4, 0.5) is 5.82 Å². The van der Waals surface area contributed by atoms with Gasteiger partial charge in [0.05, 0.1) is 27.8 Å². The number of hydrogen-bond donors (Lipinski definition) is 3. The number of nitrogens with zero attached hydrogens (tertiary/aromatic N) is 5. The Morgan fingerprint density at radius 2 is 2.00 bits per heavy atom. The van der Waals surface area contributed by atoms with E-state index in [2.05, 4.69) is 33.1 Å². The first kappa shape index (κ1) is 24.5. The topological polar surface area (TPSA) is 145 Å². The van der Waals surface area contributed by atoms with Gasteiger partial charge in [-0.2, -0.15) is 5.10 Å². The van der Waals surface area contributed by atoms with Gasteiger partial charge < -0.3 is 26.0 Å². The zero-order chi connectivity index (χ0) is 26.6. The highest BCUT2D eigenvalue weighted by atomic mass is 35.5. The summed E-state index contributed by atoms with van der Waals surface area (Å²) in [6, 6.07) is 3.69. The number of aliphatic hydroxyl groups is 1. The average molecular weight is 520 g/mol. The summed E-state index contributed by atoms with van der Waals surface area (Å²) in [6.07, 6.45) is 3.69. The second-order valence-corrected chi connectivity index (χ2v) is 9.70. The van der Waals surface area contributed by atoms with Gasteiger partial charge in [0.1, 0.15) is 23.0 Å². The third kappa shape index (κ3) is 4.21. The molecule has 2 amide bonds. The molecular formula is C26H26ClN7O3. The monoisotopic (exact) mass is 519 g/mol. The van der Waals surface area contributed by atoms with Gasteiger partial charge in [-0.3, -0.25) is 9.59 Å². The smallest absolute Gasteiger partial charge is 0.255 e. The van der Waals surface area contributed by atoms with Gasteiger partial charge in [-0.1, -0.05) is 24.1 Å². The van der Waals surface area contributed by atoms with Crippen LogP contribution in [0, 0.1) is 18.8 Å². The quantitative estimate of drug-likeness (QED) is 0.274. The van der Waals surface area contributed by atoms with E-state index < -0.39 is 11.9 Å². The first-order valence-electron chi connectivity index (χ1n) is 11.8. The molecule has 2 aromatic heterocycles. The number of carbonyl (C=O) groups is 2. The average Bonchev–Trinajstić information content (AvgIpc) is 3.35. The molecule has 3 aromatic rings. The summed E-state index contributed by atoms with van der Waals surface area (Å²) in [5.74, 6) is 5.70. The van der Waals surface area contributed by atoms with E-state index in [1.54, 1.807) is 0 Å². The van der Waals surface area contributed by atoms with Crippen LogP contribution in [0.2, 0.25) is 5.02 Å². The Morgan fingerprint density at radius 3 is 2.62 bits per heavy atom. The molecule has 0 spiro atoms. The molecular weight excluding hydrogens is 494 g/mol. The van der Waals surface area contributed by atoms with Crippen LogP contribution in [-0.4, -0.2) is 47.7 Å². The zero-order valence-corrected chi connectivity index (χ0v) is 21.2. The second-order valence-electron chi connectivity index (χ2n) is 9.29. The third-order valence-electron chi connectivity index (χ3n) is 6.73. The normalized spacial score (nSPS) is 18.6. The van der Waals surface area contributed by atoms with Gasteiger partial charge in [0.25, 0.3) is 5.91 Å². The highest BCUT2D eigenvalue weighted by Crippen LogP contribution is 2.39. The van der Waals surface area contributed by atoms with Crippen molar-refractivity contribution in [3.8, 4) is 11.8 Å². The van der Waals surface area contributed by atoms with E-state index in [4.69, 9.17) is 23.1 Å². The van der Waals surface area contributed by atoms with E-state index in [9.17, 15) is 14.7 Å². The molecule has 5 rings (SSSR count). The Balaban J connectivity index is 1.53. The van der Waals surface area contributed by atoms with E-state index >= 15 is 0 Å². The maximum Gasteiger partial charge on any atom is 0.255 e. The number of hydrogen-bond acceptors (Lipinski definition) is 6. The Hall–Kier alpha value is -4.23. The highest BCUT2D eigenvalue weighted by molar-refractivity contribution is 6.32. The van der Waals surface area contributed by atoms with Crippen molar-refractivity contribution >= 4 is 40.3 Å². The molecule has 1 saturated heterocycles. The number of aliphatic hydroxyl groups excluding tert-OH is 1. The van der Waals surface area contributed by atoms with Crippen molar-refractivity contribution in [3.63, 3.8) is 0 Å². The van der Waals surface area contributed by atoms with Gasteiger partial charge in [-0.25, -0.2) is 9.67 Å². The number of allylic oxidation sites excluding steroid dienone is 2. The summed E-state index contributed by atoms with van der Waals surface area (Å²) in [5, 5.41) is 15.0. The summed E-state index contributed by atoms with van der Waals surface area (Å²) >= 11 is 6.56. The van der Waals surface area contributed by atoms with Gasteiger partial charge in [0.2, 0.25) is 5.91 Å². The number of aryl methyl sites for hydroxylation is 1. The summed E-state index contributed by atoms with van der Waals surface area (Å²) < 4.78 is 3.62. The third-order valence-corrected chi connectivity index (χ3v) is 7.04. The number of imidazole rings is 1. The second kappa shape index (κ2) is 9.01. The lowest BCUT2D eigenvalue weighted by Crippen LogP contribution is -2.27. The van der Waals surface area contributed by atoms with Crippen LogP contribution in [-0.2, 0) is 4.79 Å². The lowest BCUT2D eigenvalue weighted by Gasteiger charge is -2.16. The summed E-state index contributed by atoms with van der Waals surface area (Å²) in [7, 11) is 0. The molecule has 190 valence electrons. The number of carbonyl (C=O) groups excluding carboxylic acids is 2. The number of anilines is 1. The lowest BCUT2D eigenvalue weighted by atomic mass is 10.1. The minimum absolute atomic E-state index is 0.00275. The molecule has 11 heteroatoms. The fraction of sp³-hybridized carbons (Fsp3) is 0.308. The number of likely N-dealkylation sites (tertiary alicyclic amines) is 1. The van der Waals surface area contributed by atoms with Crippen LogP contribution < -0.4 is 11.5 Å². The number of benzene rings is 1. The van der Waals surface area contributed by atoms with Crippen LogP contribution in [0.5, 0.6) is 0 Å². The molecule has 1 saturated carbocycles. The number of aromatic nitrogens is 4. The number of primary amides is 1. The van der Waals surface area contributed by atoms with E-state index in [1.807, 2.05) is 19.1 Å². The Labute approximate surface area is 218 Å². The maximum absolute atomic E-state index is 12.3. The molecule has 2 aliphatic rings. The first-order chi connectivity index (χ1) is 17.6. The van der Waals surface area contributed by atoms with Crippen molar-refractivity contribution in [1.29, 1.82) is 0 Å². The number of nitrogens with two attached hydrogens (primary N) is 2. The van der Waals surface area contributed by atoms with Gasteiger partial charge in [0, 0.05) is 24.6 Å². The fourth-order valence-electron chi connectivity index (χ4n) is 4.87. The van der Waals surface area contributed by atoms with Crippen LogP contribution in [0.25, 0.3) is 11.0 Å². The molecule has 0 bridgehead atoms. The van der Waals surface area contributed by atoms with Crippen molar-refractivity contribution in [2.45, 2.75) is 45.2 Å². The lowest BCUT2D eigenvalue weighted by molar-refractivity contribution is -0.123. The molecule has 37 heavy (non-hydrogen) atoms. The van der Waals surface area contributed by atoms with Crippen LogP contribution in [0.1, 0.15) is 65.7 Å². The summed E-state index contributed by atoms with van der Waals surface area (Å²) in [4.78, 5) is 30.6. The first-order valence-corrected chi connectivity index (χ1v) is 12.2. The maximum atomic E-state index is 12.3. The summed E-state index contributed by atoms with van der Waals surface area (Å²) in [5.41, 5.74) is 14.7. The van der Waals surface area contributed by atoms with E-state index in [0.29, 0.717) is 22.3 Å². The van der Waals surface area contributed by atoms with Crippen molar-refractivity contribution in [1.82, 2.24) is 24.2 Å². The highest BCUT2D eigenvalue weighted by Gasteiger charge is 2.35. The molecule has 5 N–H and O–H groups in total. The minimum Gasteiger partial charge on any atom is -0.511 e. The van der Waals surface area contributed by atoms with Crippen LogP contribution in [0.15, 0.2) is 36.2 Å². The number of fused-ring (bicyclic) bond motifs is 1. The Bertz CT molecular complexity index is 1580. The van der Waals surface area contributed by atoms with Crippen LogP contribution >= 0.6 is 11.6 Å². The fourth-order valence-corrected chi connectivity index (χ4v) is 5.07. The van der Waals surface area contributed by atoms with Gasteiger partial charge in [0.15, 0.2) is 5.69 Å². The van der Waals surface area contributed by atoms with Gasteiger partial charge >= 0.3 is 0 Å².